The molecular formula is C18H21N3O2. The number of carbonyl (C=O) groups is 1. The van der Waals surface area contributed by atoms with Gasteiger partial charge in [-0.3, -0.25) is 4.79 Å². The summed E-state index contributed by atoms with van der Waals surface area (Å²) in [6.45, 7) is 3.62. The lowest BCUT2D eigenvalue weighted by molar-refractivity contribution is -0.133. The highest BCUT2D eigenvalue weighted by molar-refractivity contribution is 5.81. The highest BCUT2D eigenvalue weighted by atomic mass is 16.4. The fourth-order valence-corrected chi connectivity index (χ4v) is 3.29. The Morgan fingerprint density at radius 1 is 1.22 bits per heavy atom. The minimum Gasteiger partial charge on any atom is -0.420 e. The molecule has 2 fully saturated rings. The number of nitrogens with zero attached hydrogens (tertiary/aromatic N) is 3. The van der Waals surface area contributed by atoms with Gasteiger partial charge in [-0.25, -0.2) is 0 Å². The molecule has 2 aromatic rings. The van der Waals surface area contributed by atoms with Crippen molar-refractivity contribution in [1.29, 1.82) is 0 Å². The number of carbonyl (C=O) groups excluding carboxylic acids is 1. The first-order valence-corrected chi connectivity index (χ1v) is 8.40. The first-order chi connectivity index (χ1) is 11.2. The maximum absolute atomic E-state index is 12.3. The quantitative estimate of drug-likeness (QED) is 0.873. The second kappa shape index (κ2) is 5.80. The summed E-state index contributed by atoms with van der Waals surface area (Å²) in [6, 6.07) is 8.01. The Labute approximate surface area is 135 Å². The van der Waals surface area contributed by atoms with Crippen molar-refractivity contribution in [2.75, 3.05) is 13.1 Å². The zero-order chi connectivity index (χ0) is 15.8. The topological polar surface area (TPSA) is 59.2 Å². The van der Waals surface area contributed by atoms with Crippen molar-refractivity contribution in [2.45, 2.75) is 38.5 Å². The Kier molecular flexibility index (Phi) is 3.63. The molecule has 0 unspecified atom stereocenters. The normalized spacial score (nSPS) is 21.4. The Balaban J connectivity index is 1.52. The fourth-order valence-electron chi connectivity index (χ4n) is 3.29. The molecule has 1 saturated heterocycles. The minimum absolute atomic E-state index is 0.164. The molecule has 0 N–H and O–H groups in total. The number of amides is 1. The number of rotatable bonds is 3. The summed E-state index contributed by atoms with van der Waals surface area (Å²) in [5.41, 5.74) is 2.10. The lowest BCUT2D eigenvalue weighted by Crippen LogP contribution is -2.40. The monoisotopic (exact) mass is 311 g/mol. The van der Waals surface area contributed by atoms with Gasteiger partial charge in [-0.15, -0.1) is 10.2 Å². The number of aromatic nitrogens is 2. The van der Waals surface area contributed by atoms with Crippen LogP contribution < -0.4 is 0 Å². The van der Waals surface area contributed by atoms with Gasteiger partial charge in [0.2, 0.25) is 17.7 Å². The minimum atomic E-state index is 0.164. The van der Waals surface area contributed by atoms with Crippen LogP contribution in [0.4, 0.5) is 0 Å². The van der Waals surface area contributed by atoms with Crippen LogP contribution in [-0.2, 0) is 4.79 Å². The van der Waals surface area contributed by atoms with Crippen LogP contribution in [0.2, 0.25) is 0 Å². The Morgan fingerprint density at radius 3 is 2.83 bits per heavy atom. The average Bonchev–Trinajstić information content (AvgIpc) is 3.32. The molecule has 1 saturated carbocycles. The molecule has 1 amide bonds. The smallest absolute Gasteiger partial charge is 0.248 e. The lowest BCUT2D eigenvalue weighted by Gasteiger charge is -2.31. The molecule has 23 heavy (non-hydrogen) atoms. The molecule has 1 aromatic heterocycles. The van der Waals surface area contributed by atoms with E-state index in [2.05, 4.69) is 10.2 Å². The van der Waals surface area contributed by atoms with E-state index in [4.69, 9.17) is 4.42 Å². The van der Waals surface area contributed by atoms with E-state index < -0.39 is 0 Å². The summed E-state index contributed by atoms with van der Waals surface area (Å²) in [7, 11) is 0. The summed E-state index contributed by atoms with van der Waals surface area (Å²) in [4.78, 5) is 14.3. The number of hydrogen-bond donors (Lipinski definition) is 0. The fraction of sp³-hybridized carbons (Fsp3) is 0.500. The van der Waals surface area contributed by atoms with E-state index in [1.807, 2.05) is 36.1 Å². The number of likely N-dealkylation sites (tertiary alicyclic amines) is 1. The van der Waals surface area contributed by atoms with Crippen molar-refractivity contribution in [1.82, 2.24) is 15.1 Å². The predicted octanol–water partition coefficient (Wildman–Crippen LogP) is 3.16. The molecule has 5 nitrogen and oxygen atoms in total. The second-order valence-corrected chi connectivity index (χ2v) is 6.66. The number of hydrogen-bond acceptors (Lipinski definition) is 4. The number of benzene rings is 1. The Morgan fingerprint density at radius 2 is 2.04 bits per heavy atom. The van der Waals surface area contributed by atoms with Gasteiger partial charge in [0.25, 0.3) is 0 Å². The van der Waals surface area contributed by atoms with Crippen molar-refractivity contribution in [2.24, 2.45) is 5.92 Å². The summed E-state index contributed by atoms with van der Waals surface area (Å²) in [6.07, 6.45) is 4.12. The van der Waals surface area contributed by atoms with Crippen molar-refractivity contribution in [3.8, 4) is 11.5 Å². The molecule has 1 aliphatic heterocycles. The maximum Gasteiger partial charge on any atom is 0.248 e. The molecule has 1 aliphatic carbocycles. The molecule has 4 rings (SSSR count). The van der Waals surface area contributed by atoms with E-state index in [9.17, 15) is 4.79 Å². The molecule has 5 heteroatoms. The number of aryl methyl sites for hydroxylation is 1. The van der Waals surface area contributed by atoms with Crippen LogP contribution in [-0.4, -0.2) is 34.1 Å². The van der Waals surface area contributed by atoms with E-state index >= 15 is 0 Å². The molecule has 1 atom stereocenters. The Hall–Kier alpha value is -2.17. The zero-order valence-electron chi connectivity index (χ0n) is 13.4. The molecule has 2 aliphatic rings. The first kappa shape index (κ1) is 14.4. The summed E-state index contributed by atoms with van der Waals surface area (Å²) >= 11 is 0. The van der Waals surface area contributed by atoms with Crippen molar-refractivity contribution in [3.63, 3.8) is 0 Å². The summed E-state index contributed by atoms with van der Waals surface area (Å²) in [5.74, 6) is 1.99. The van der Waals surface area contributed by atoms with E-state index in [0.717, 1.165) is 43.4 Å². The lowest BCUT2D eigenvalue weighted by atomic mass is 9.97. The van der Waals surface area contributed by atoms with Crippen molar-refractivity contribution >= 4 is 5.91 Å². The predicted molar refractivity (Wildman–Crippen MR) is 85.8 cm³/mol. The third-order valence-electron chi connectivity index (χ3n) is 4.82. The van der Waals surface area contributed by atoms with Crippen LogP contribution in [0.25, 0.3) is 11.5 Å². The van der Waals surface area contributed by atoms with Crippen LogP contribution in [0.5, 0.6) is 0 Å². The standard InChI is InChI=1S/C18H21N3O2/c1-12-5-2-3-7-15(12)17-20-19-16(23-17)14-6-4-10-21(11-14)18(22)13-8-9-13/h2-3,5,7,13-14H,4,6,8-11H2,1H3/t14-/m0/s1. The number of piperidine rings is 1. The molecular weight excluding hydrogens is 290 g/mol. The van der Waals surface area contributed by atoms with E-state index in [1.165, 1.54) is 0 Å². The average molecular weight is 311 g/mol. The zero-order valence-corrected chi connectivity index (χ0v) is 13.4. The molecule has 0 radical (unpaired) electrons. The van der Waals surface area contributed by atoms with Crippen LogP contribution in [0.3, 0.4) is 0 Å². The van der Waals surface area contributed by atoms with Gasteiger partial charge in [0.1, 0.15) is 0 Å². The van der Waals surface area contributed by atoms with Gasteiger partial charge in [-0.05, 0) is 44.2 Å². The van der Waals surface area contributed by atoms with Gasteiger partial charge in [0, 0.05) is 24.6 Å². The second-order valence-electron chi connectivity index (χ2n) is 6.66. The van der Waals surface area contributed by atoms with E-state index in [-0.39, 0.29) is 11.8 Å². The third-order valence-corrected chi connectivity index (χ3v) is 4.82. The van der Waals surface area contributed by atoms with E-state index in [0.29, 0.717) is 24.2 Å². The maximum atomic E-state index is 12.3. The van der Waals surface area contributed by atoms with Gasteiger partial charge in [-0.2, -0.15) is 0 Å². The van der Waals surface area contributed by atoms with Crippen LogP contribution in [0, 0.1) is 12.8 Å². The highest BCUT2D eigenvalue weighted by Gasteiger charge is 2.36. The van der Waals surface area contributed by atoms with Crippen molar-refractivity contribution in [3.05, 3.63) is 35.7 Å². The van der Waals surface area contributed by atoms with Gasteiger partial charge in [0.15, 0.2) is 0 Å². The summed E-state index contributed by atoms with van der Waals surface area (Å²) in [5, 5.41) is 8.48. The van der Waals surface area contributed by atoms with E-state index in [1.54, 1.807) is 0 Å². The van der Waals surface area contributed by atoms with Gasteiger partial charge >= 0.3 is 0 Å². The summed E-state index contributed by atoms with van der Waals surface area (Å²) < 4.78 is 5.93. The molecule has 0 spiro atoms. The van der Waals surface area contributed by atoms with Crippen molar-refractivity contribution < 1.29 is 9.21 Å². The van der Waals surface area contributed by atoms with Crippen LogP contribution in [0.15, 0.2) is 28.7 Å². The molecule has 120 valence electrons. The molecule has 1 aromatic carbocycles. The molecule has 2 heterocycles. The highest BCUT2D eigenvalue weighted by Crippen LogP contribution is 2.34. The van der Waals surface area contributed by atoms with Gasteiger partial charge in [-0.1, -0.05) is 18.2 Å². The van der Waals surface area contributed by atoms with Crippen LogP contribution in [0.1, 0.15) is 43.1 Å². The first-order valence-electron chi connectivity index (χ1n) is 8.40. The van der Waals surface area contributed by atoms with Gasteiger partial charge < -0.3 is 9.32 Å². The van der Waals surface area contributed by atoms with Gasteiger partial charge in [0.05, 0.1) is 5.92 Å². The SMILES string of the molecule is Cc1ccccc1-c1nnc([C@H]2CCCN(C(=O)C3CC3)C2)o1. The Bertz CT molecular complexity index is 721. The molecule has 0 bridgehead atoms. The van der Waals surface area contributed by atoms with Crippen LogP contribution >= 0.6 is 0 Å². The largest absolute Gasteiger partial charge is 0.420 e. The third kappa shape index (κ3) is 2.87.